The molecule has 0 radical (unpaired) electrons. The van der Waals surface area contributed by atoms with Gasteiger partial charge in [0.2, 0.25) is 5.88 Å². The van der Waals surface area contributed by atoms with E-state index in [4.69, 9.17) is 14.3 Å². The summed E-state index contributed by atoms with van der Waals surface area (Å²) in [4.78, 5) is 33.0. The van der Waals surface area contributed by atoms with Gasteiger partial charge in [-0.15, -0.1) is 0 Å². The molecular formula is C12H10N2O6. The Balaban J connectivity index is 2.31. The standard InChI is InChI=1S/C12H10N2O6/c1-19-6-2-3-9-7(4-6)8(15)5-10(20-9)13-14-11(16)12(17)18/h2-5,13H,1H3,(H,14,16)(H,17,18). The maximum Gasteiger partial charge on any atom is 0.396 e. The van der Waals surface area contributed by atoms with Gasteiger partial charge in [0.25, 0.3) is 0 Å². The zero-order valence-electron chi connectivity index (χ0n) is 10.3. The SMILES string of the molecule is COc1ccc2oc(NNC(=O)C(=O)O)cc(=O)c2c1. The maximum absolute atomic E-state index is 11.9. The molecule has 3 N–H and O–H groups in total. The molecule has 0 fully saturated rings. The number of anilines is 1. The van der Waals surface area contributed by atoms with Crippen LogP contribution in [0.3, 0.4) is 0 Å². The van der Waals surface area contributed by atoms with E-state index in [0.717, 1.165) is 6.07 Å². The maximum atomic E-state index is 11.9. The van der Waals surface area contributed by atoms with Crippen molar-refractivity contribution in [3.63, 3.8) is 0 Å². The molecule has 0 atom stereocenters. The summed E-state index contributed by atoms with van der Waals surface area (Å²) in [6.07, 6.45) is 0. The van der Waals surface area contributed by atoms with Crippen molar-refractivity contribution in [2.45, 2.75) is 0 Å². The predicted octanol–water partition coefficient (Wildman–Crippen LogP) is 0.329. The molecule has 0 bridgehead atoms. The second-order valence-electron chi connectivity index (χ2n) is 3.72. The van der Waals surface area contributed by atoms with Crippen LogP contribution in [0, 0.1) is 0 Å². The Kier molecular flexibility index (Phi) is 3.56. The number of hydrazine groups is 1. The molecule has 0 aliphatic rings. The number of aliphatic carboxylic acids is 1. The van der Waals surface area contributed by atoms with Crippen LogP contribution in [0.5, 0.6) is 5.75 Å². The van der Waals surface area contributed by atoms with E-state index >= 15 is 0 Å². The minimum atomic E-state index is -1.66. The van der Waals surface area contributed by atoms with Crippen LogP contribution in [0.15, 0.2) is 33.5 Å². The first-order valence-corrected chi connectivity index (χ1v) is 5.42. The van der Waals surface area contributed by atoms with Crippen molar-refractivity contribution in [1.29, 1.82) is 0 Å². The fourth-order valence-electron chi connectivity index (χ4n) is 1.50. The molecule has 0 aliphatic carbocycles. The highest BCUT2D eigenvalue weighted by Gasteiger charge is 2.11. The van der Waals surface area contributed by atoms with Crippen LogP contribution in [-0.2, 0) is 9.59 Å². The molecule has 2 aromatic rings. The molecule has 1 amide bonds. The van der Waals surface area contributed by atoms with Crippen LogP contribution in [0.1, 0.15) is 0 Å². The van der Waals surface area contributed by atoms with Crippen molar-refractivity contribution >= 4 is 28.7 Å². The van der Waals surface area contributed by atoms with Gasteiger partial charge in [0, 0.05) is 6.07 Å². The van der Waals surface area contributed by atoms with E-state index in [9.17, 15) is 14.4 Å². The number of benzene rings is 1. The summed E-state index contributed by atoms with van der Waals surface area (Å²) in [5, 5.41) is 8.69. The van der Waals surface area contributed by atoms with Gasteiger partial charge in [0.1, 0.15) is 11.3 Å². The molecular weight excluding hydrogens is 268 g/mol. The lowest BCUT2D eigenvalue weighted by Gasteiger charge is -2.06. The number of nitrogens with one attached hydrogen (secondary N) is 2. The lowest BCUT2D eigenvalue weighted by Crippen LogP contribution is -2.35. The molecule has 1 aromatic carbocycles. The van der Waals surface area contributed by atoms with E-state index < -0.39 is 11.9 Å². The highest BCUT2D eigenvalue weighted by atomic mass is 16.5. The Bertz CT molecular complexity index is 736. The molecule has 0 saturated carbocycles. The van der Waals surface area contributed by atoms with Crippen LogP contribution in [-0.4, -0.2) is 24.1 Å². The van der Waals surface area contributed by atoms with Gasteiger partial charge >= 0.3 is 11.9 Å². The lowest BCUT2D eigenvalue weighted by atomic mass is 10.2. The third kappa shape index (κ3) is 2.69. The number of carbonyl (C=O) groups is 2. The highest BCUT2D eigenvalue weighted by molar-refractivity contribution is 6.31. The summed E-state index contributed by atoms with van der Waals surface area (Å²) in [5.41, 5.74) is 3.98. The number of methoxy groups -OCH3 is 1. The first-order chi connectivity index (χ1) is 9.51. The van der Waals surface area contributed by atoms with Gasteiger partial charge in [-0.25, -0.2) is 4.79 Å². The minimum Gasteiger partial charge on any atom is -0.497 e. The monoisotopic (exact) mass is 278 g/mol. The minimum absolute atomic E-state index is 0.0812. The molecule has 2 rings (SSSR count). The number of ether oxygens (including phenoxy) is 1. The molecule has 20 heavy (non-hydrogen) atoms. The topological polar surface area (TPSA) is 118 Å². The number of carbonyl (C=O) groups excluding carboxylic acids is 1. The van der Waals surface area contributed by atoms with Gasteiger partial charge in [-0.3, -0.25) is 20.4 Å². The molecule has 1 aromatic heterocycles. The second-order valence-corrected chi connectivity index (χ2v) is 3.72. The van der Waals surface area contributed by atoms with E-state index in [2.05, 4.69) is 5.43 Å². The van der Waals surface area contributed by atoms with Gasteiger partial charge in [-0.2, -0.15) is 0 Å². The molecule has 0 spiro atoms. The average molecular weight is 278 g/mol. The Labute approximate surface area is 111 Å². The number of amides is 1. The summed E-state index contributed by atoms with van der Waals surface area (Å²) in [6.45, 7) is 0. The molecule has 0 unspecified atom stereocenters. The average Bonchev–Trinajstić information content (AvgIpc) is 2.44. The van der Waals surface area contributed by atoms with Crippen LogP contribution in [0.2, 0.25) is 0 Å². The Hall–Kier alpha value is -3.03. The summed E-state index contributed by atoms with van der Waals surface area (Å²) in [6, 6.07) is 5.73. The fourth-order valence-corrected chi connectivity index (χ4v) is 1.50. The first kappa shape index (κ1) is 13.4. The molecule has 0 aliphatic heterocycles. The number of carboxylic acid groups (broad SMARTS) is 1. The Morgan fingerprint density at radius 3 is 2.70 bits per heavy atom. The number of hydrogen-bond acceptors (Lipinski definition) is 6. The van der Waals surface area contributed by atoms with Crippen LogP contribution in [0.4, 0.5) is 5.88 Å². The zero-order chi connectivity index (χ0) is 14.7. The number of hydrogen-bond donors (Lipinski definition) is 3. The Morgan fingerprint density at radius 2 is 2.05 bits per heavy atom. The number of carboxylic acids is 1. The summed E-state index contributed by atoms with van der Waals surface area (Å²) in [7, 11) is 1.47. The predicted molar refractivity (Wildman–Crippen MR) is 68.4 cm³/mol. The summed E-state index contributed by atoms with van der Waals surface area (Å²) >= 11 is 0. The summed E-state index contributed by atoms with van der Waals surface area (Å²) < 4.78 is 10.3. The van der Waals surface area contributed by atoms with E-state index in [1.807, 2.05) is 5.43 Å². The normalized spacial score (nSPS) is 10.1. The van der Waals surface area contributed by atoms with Crippen molar-refractivity contribution in [2.75, 3.05) is 12.5 Å². The van der Waals surface area contributed by atoms with Gasteiger partial charge in [-0.05, 0) is 18.2 Å². The summed E-state index contributed by atoms with van der Waals surface area (Å²) in [5.74, 6) is -2.51. The van der Waals surface area contributed by atoms with Gasteiger partial charge in [0.05, 0.1) is 12.5 Å². The van der Waals surface area contributed by atoms with Crippen molar-refractivity contribution in [2.24, 2.45) is 0 Å². The van der Waals surface area contributed by atoms with E-state index in [1.165, 1.54) is 19.2 Å². The van der Waals surface area contributed by atoms with Crippen molar-refractivity contribution in [1.82, 2.24) is 5.43 Å². The fraction of sp³-hybridized carbons (Fsp3) is 0.0833. The quantitative estimate of drug-likeness (QED) is 0.547. The highest BCUT2D eigenvalue weighted by Crippen LogP contribution is 2.20. The van der Waals surface area contributed by atoms with Crippen LogP contribution in [0.25, 0.3) is 11.0 Å². The van der Waals surface area contributed by atoms with Crippen LogP contribution >= 0.6 is 0 Å². The lowest BCUT2D eigenvalue weighted by molar-refractivity contribution is -0.149. The third-order valence-electron chi connectivity index (χ3n) is 2.43. The third-order valence-corrected chi connectivity index (χ3v) is 2.43. The molecule has 8 heteroatoms. The number of fused-ring (bicyclic) bond motifs is 1. The second kappa shape index (κ2) is 5.31. The molecule has 0 saturated heterocycles. The molecule has 1 heterocycles. The van der Waals surface area contributed by atoms with Crippen molar-refractivity contribution in [3.05, 3.63) is 34.5 Å². The van der Waals surface area contributed by atoms with Gasteiger partial charge in [-0.1, -0.05) is 0 Å². The van der Waals surface area contributed by atoms with E-state index in [0.29, 0.717) is 11.1 Å². The van der Waals surface area contributed by atoms with Crippen molar-refractivity contribution < 1.29 is 23.8 Å². The molecule has 8 nitrogen and oxygen atoms in total. The number of rotatable bonds is 3. The van der Waals surface area contributed by atoms with Gasteiger partial charge in [0.15, 0.2) is 5.43 Å². The first-order valence-electron chi connectivity index (χ1n) is 5.42. The largest absolute Gasteiger partial charge is 0.497 e. The van der Waals surface area contributed by atoms with Gasteiger partial charge < -0.3 is 14.3 Å². The van der Waals surface area contributed by atoms with Crippen LogP contribution < -0.4 is 21.0 Å². The zero-order valence-corrected chi connectivity index (χ0v) is 10.3. The smallest absolute Gasteiger partial charge is 0.396 e. The van der Waals surface area contributed by atoms with E-state index in [-0.39, 0.29) is 16.9 Å². The Morgan fingerprint density at radius 1 is 1.30 bits per heavy atom. The van der Waals surface area contributed by atoms with E-state index in [1.54, 1.807) is 6.07 Å². The van der Waals surface area contributed by atoms with Crippen molar-refractivity contribution in [3.8, 4) is 5.75 Å². The molecule has 104 valence electrons.